The molecule has 1 aromatic carbocycles. The van der Waals surface area contributed by atoms with E-state index in [9.17, 15) is 0 Å². The fraction of sp³-hybridized carbons (Fsp3) is 0.565. The molecule has 6 nitrogen and oxygen atoms in total. The zero-order chi connectivity index (χ0) is 20.4. The lowest BCUT2D eigenvalue weighted by atomic mass is 9.83. The number of rotatable bonds is 10. The van der Waals surface area contributed by atoms with Crippen molar-refractivity contribution in [3.05, 3.63) is 54.1 Å². The average Bonchev–Trinajstić information content (AvgIpc) is 3.40. The standard InChI is InChI=1S/C23H35N5O/c1-24-22(27-19-23(13-17-29-2)11-6-7-12-23)26-14-10-21-25-15-16-28(21)18-20-8-4-3-5-9-20/h3-5,8-9,15-16H,6-7,10-14,17-19H2,1-2H3,(H2,24,26,27). The molecule has 158 valence electrons. The zero-order valence-electron chi connectivity index (χ0n) is 17.9. The van der Waals surface area contributed by atoms with Gasteiger partial charge in [0.15, 0.2) is 5.96 Å². The van der Waals surface area contributed by atoms with Crippen molar-refractivity contribution in [2.45, 2.75) is 45.1 Å². The van der Waals surface area contributed by atoms with Crippen LogP contribution in [0.1, 0.15) is 43.5 Å². The molecule has 0 amide bonds. The largest absolute Gasteiger partial charge is 0.385 e. The normalized spacial score (nSPS) is 16.1. The summed E-state index contributed by atoms with van der Waals surface area (Å²) in [6.07, 6.45) is 11.1. The lowest BCUT2D eigenvalue weighted by molar-refractivity contribution is 0.138. The number of benzene rings is 1. The Hall–Kier alpha value is -2.34. The smallest absolute Gasteiger partial charge is 0.191 e. The lowest BCUT2D eigenvalue weighted by Crippen LogP contribution is -2.44. The summed E-state index contributed by atoms with van der Waals surface area (Å²) >= 11 is 0. The van der Waals surface area contributed by atoms with Crippen LogP contribution in [-0.4, -0.2) is 49.4 Å². The molecule has 1 aliphatic rings. The van der Waals surface area contributed by atoms with Crippen molar-refractivity contribution in [1.82, 2.24) is 20.2 Å². The molecular formula is C23H35N5O. The first-order valence-corrected chi connectivity index (χ1v) is 10.7. The molecule has 2 N–H and O–H groups in total. The van der Waals surface area contributed by atoms with Gasteiger partial charge in [-0.25, -0.2) is 4.98 Å². The highest BCUT2D eigenvalue weighted by molar-refractivity contribution is 5.79. The van der Waals surface area contributed by atoms with Crippen LogP contribution in [0.3, 0.4) is 0 Å². The second kappa shape index (κ2) is 11.0. The van der Waals surface area contributed by atoms with Crippen LogP contribution < -0.4 is 10.6 Å². The highest BCUT2D eigenvalue weighted by Gasteiger charge is 2.33. The third-order valence-corrected chi connectivity index (χ3v) is 5.99. The molecule has 0 atom stereocenters. The van der Waals surface area contributed by atoms with Crippen LogP contribution in [0.4, 0.5) is 0 Å². The molecule has 3 rings (SSSR count). The Morgan fingerprint density at radius 3 is 2.72 bits per heavy atom. The fourth-order valence-electron chi connectivity index (χ4n) is 4.24. The van der Waals surface area contributed by atoms with Crippen molar-refractivity contribution < 1.29 is 4.74 Å². The molecule has 0 unspecified atom stereocenters. The predicted molar refractivity (Wildman–Crippen MR) is 118 cm³/mol. The Bertz CT molecular complexity index is 750. The maximum Gasteiger partial charge on any atom is 0.191 e. The predicted octanol–water partition coefficient (Wildman–Crippen LogP) is 3.24. The van der Waals surface area contributed by atoms with Crippen LogP contribution in [0.5, 0.6) is 0 Å². The van der Waals surface area contributed by atoms with E-state index in [0.29, 0.717) is 5.41 Å². The second-order valence-corrected chi connectivity index (χ2v) is 8.01. The number of aromatic nitrogens is 2. The van der Waals surface area contributed by atoms with Crippen molar-refractivity contribution >= 4 is 5.96 Å². The molecule has 1 aromatic heterocycles. The van der Waals surface area contributed by atoms with Gasteiger partial charge < -0.3 is 19.9 Å². The van der Waals surface area contributed by atoms with Crippen LogP contribution in [-0.2, 0) is 17.7 Å². The monoisotopic (exact) mass is 397 g/mol. The summed E-state index contributed by atoms with van der Waals surface area (Å²) < 4.78 is 7.55. The average molecular weight is 398 g/mol. The van der Waals surface area contributed by atoms with E-state index in [-0.39, 0.29) is 0 Å². The Balaban J connectivity index is 1.46. The Morgan fingerprint density at radius 1 is 1.21 bits per heavy atom. The van der Waals surface area contributed by atoms with Crippen LogP contribution in [0.25, 0.3) is 0 Å². The second-order valence-electron chi connectivity index (χ2n) is 8.01. The number of hydrogen-bond donors (Lipinski definition) is 2. The quantitative estimate of drug-likeness (QED) is 0.477. The zero-order valence-corrected chi connectivity index (χ0v) is 17.9. The van der Waals surface area contributed by atoms with Gasteiger partial charge in [0.1, 0.15) is 5.82 Å². The lowest BCUT2D eigenvalue weighted by Gasteiger charge is -2.30. The number of aliphatic imine (C=N–C) groups is 1. The van der Waals surface area contributed by atoms with E-state index in [2.05, 4.69) is 55.6 Å². The minimum Gasteiger partial charge on any atom is -0.385 e. The molecule has 2 aromatic rings. The third kappa shape index (κ3) is 6.32. The summed E-state index contributed by atoms with van der Waals surface area (Å²) in [6, 6.07) is 10.5. The SMILES string of the molecule is CN=C(NCCc1nccn1Cc1ccccc1)NCC1(CCOC)CCCC1. The van der Waals surface area contributed by atoms with Crippen molar-refractivity contribution in [3.63, 3.8) is 0 Å². The van der Waals surface area contributed by atoms with Crippen LogP contribution in [0, 0.1) is 5.41 Å². The molecule has 6 heteroatoms. The first-order valence-electron chi connectivity index (χ1n) is 10.7. The van der Waals surface area contributed by atoms with Crippen molar-refractivity contribution in [1.29, 1.82) is 0 Å². The Morgan fingerprint density at radius 2 is 2.00 bits per heavy atom. The summed E-state index contributed by atoms with van der Waals surface area (Å²) in [7, 11) is 3.63. The highest BCUT2D eigenvalue weighted by atomic mass is 16.5. The van der Waals surface area contributed by atoms with Crippen molar-refractivity contribution in [2.75, 3.05) is 33.9 Å². The van der Waals surface area contributed by atoms with Gasteiger partial charge >= 0.3 is 0 Å². The number of nitrogens with one attached hydrogen (secondary N) is 2. The molecular weight excluding hydrogens is 362 g/mol. The molecule has 1 saturated carbocycles. The first-order chi connectivity index (χ1) is 14.2. The molecule has 0 bridgehead atoms. The maximum absolute atomic E-state index is 5.34. The van der Waals surface area contributed by atoms with Crippen LogP contribution in [0.2, 0.25) is 0 Å². The summed E-state index contributed by atoms with van der Waals surface area (Å²) in [4.78, 5) is 8.94. The van der Waals surface area contributed by atoms with E-state index in [1.54, 1.807) is 7.11 Å². The highest BCUT2D eigenvalue weighted by Crippen LogP contribution is 2.40. The summed E-state index contributed by atoms with van der Waals surface area (Å²) in [5, 5.41) is 7.00. The van der Waals surface area contributed by atoms with Crippen LogP contribution in [0.15, 0.2) is 47.7 Å². The molecule has 29 heavy (non-hydrogen) atoms. The number of guanidine groups is 1. The van der Waals surface area contributed by atoms with Gasteiger partial charge in [-0.1, -0.05) is 43.2 Å². The van der Waals surface area contributed by atoms with Gasteiger partial charge in [-0.3, -0.25) is 4.99 Å². The van der Waals surface area contributed by atoms with E-state index in [4.69, 9.17) is 4.74 Å². The molecule has 0 saturated heterocycles. The van der Waals surface area contributed by atoms with E-state index >= 15 is 0 Å². The van der Waals surface area contributed by atoms with E-state index < -0.39 is 0 Å². The van der Waals surface area contributed by atoms with Gasteiger partial charge in [0.25, 0.3) is 0 Å². The number of hydrogen-bond acceptors (Lipinski definition) is 3. The molecule has 1 aliphatic carbocycles. The number of ether oxygens (including phenoxy) is 1. The van der Waals surface area contributed by atoms with Gasteiger partial charge in [-0.15, -0.1) is 0 Å². The van der Waals surface area contributed by atoms with Crippen molar-refractivity contribution in [2.24, 2.45) is 10.4 Å². The van der Waals surface area contributed by atoms with Gasteiger partial charge in [-0.2, -0.15) is 0 Å². The maximum atomic E-state index is 5.34. The Kier molecular flexibility index (Phi) is 8.11. The van der Waals surface area contributed by atoms with Gasteiger partial charge in [0.2, 0.25) is 0 Å². The molecule has 0 spiro atoms. The topological polar surface area (TPSA) is 63.5 Å². The fourth-order valence-corrected chi connectivity index (χ4v) is 4.24. The molecule has 0 aliphatic heterocycles. The van der Waals surface area contributed by atoms with E-state index in [1.165, 1.54) is 31.2 Å². The number of imidazole rings is 1. The number of nitrogens with zero attached hydrogens (tertiary/aromatic N) is 3. The number of methoxy groups -OCH3 is 1. The summed E-state index contributed by atoms with van der Waals surface area (Å²) in [5.41, 5.74) is 1.63. The van der Waals surface area contributed by atoms with Gasteiger partial charge in [-0.05, 0) is 30.2 Å². The summed E-state index contributed by atoms with van der Waals surface area (Å²) in [6.45, 7) is 3.44. The van der Waals surface area contributed by atoms with Crippen LogP contribution >= 0.6 is 0 Å². The third-order valence-electron chi connectivity index (χ3n) is 5.99. The van der Waals surface area contributed by atoms with E-state index in [0.717, 1.165) is 50.9 Å². The molecule has 1 heterocycles. The first kappa shape index (κ1) is 21.4. The molecule has 0 radical (unpaired) electrons. The summed E-state index contributed by atoms with van der Waals surface area (Å²) in [5.74, 6) is 1.96. The van der Waals surface area contributed by atoms with Gasteiger partial charge in [0.05, 0.1) is 0 Å². The Labute approximate surface area is 174 Å². The molecule has 1 fully saturated rings. The minimum absolute atomic E-state index is 0.347. The van der Waals surface area contributed by atoms with Crippen molar-refractivity contribution in [3.8, 4) is 0 Å². The van der Waals surface area contributed by atoms with Gasteiger partial charge in [0, 0.05) is 59.2 Å². The van der Waals surface area contributed by atoms with E-state index in [1.807, 2.05) is 19.3 Å². The minimum atomic E-state index is 0.347.